The Hall–Kier alpha value is -1.52. The molecule has 0 heterocycles. The van der Waals surface area contributed by atoms with E-state index in [4.69, 9.17) is 0 Å². The number of halogens is 2. The van der Waals surface area contributed by atoms with Gasteiger partial charge in [0.1, 0.15) is 5.82 Å². The molecule has 0 fully saturated rings. The average Bonchev–Trinajstić information content (AvgIpc) is 2.49. The van der Waals surface area contributed by atoms with Gasteiger partial charge in [0.15, 0.2) is 0 Å². The molecule has 5 nitrogen and oxygen atoms in total. The monoisotopic (exact) mass is 448 g/mol. The van der Waals surface area contributed by atoms with E-state index in [0.29, 0.717) is 5.69 Å². The molecule has 0 radical (unpaired) electrons. The Morgan fingerprint density at radius 3 is 2.22 bits per heavy atom. The molecular formula is C15H14FIN2O3S. The Balaban J connectivity index is 2.05. The number of hydrogen-bond acceptors (Lipinski definition) is 3. The first kappa shape index (κ1) is 17.8. The van der Waals surface area contributed by atoms with Crippen LogP contribution in [0.15, 0.2) is 53.4 Å². The van der Waals surface area contributed by atoms with Gasteiger partial charge in [-0.25, -0.2) is 12.8 Å². The molecule has 1 atom stereocenters. The van der Waals surface area contributed by atoms with Gasteiger partial charge in [0.05, 0.1) is 10.9 Å². The Bertz CT molecular complexity index is 792. The molecule has 2 N–H and O–H groups in total. The highest BCUT2D eigenvalue weighted by molar-refractivity contribution is 14.1. The third-order valence-corrected chi connectivity index (χ3v) is 5.24. The summed E-state index contributed by atoms with van der Waals surface area (Å²) in [6.07, 6.45) is 0. The molecule has 0 aliphatic carbocycles. The van der Waals surface area contributed by atoms with E-state index < -0.39 is 27.8 Å². The predicted octanol–water partition coefficient (Wildman–Crippen LogP) is 2.74. The van der Waals surface area contributed by atoms with Gasteiger partial charge in [-0.05, 0) is 78.0 Å². The number of hydrogen-bond donors (Lipinski definition) is 2. The van der Waals surface area contributed by atoms with Gasteiger partial charge in [-0.15, -0.1) is 0 Å². The lowest BCUT2D eigenvalue weighted by Crippen LogP contribution is -2.41. The second kappa shape index (κ2) is 7.37. The molecule has 23 heavy (non-hydrogen) atoms. The Morgan fingerprint density at radius 1 is 1.09 bits per heavy atom. The first-order chi connectivity index (χ1) is 10.8. The molecule has 0 bridgehead atoms. The van der Waals surface area contributed by atoms with Gasteiger partial charge in [-0.2, -0.15) is 4.72 Å². The first-order valence-electron chi connectivity index (χ1n) is 6.62. The van der Waals surface area contributed by atoms with Crippen LogP contribution in [-0.2, 0) is 14.8 Å². The van der Waals surface area contributed by atoms with Gasteiger partial charge >= 0.3 is 0 Å². The molecule has 2 aromatic rings. The topological polar surface area (TPSA) is 75.3 Å². The maximum absolute atomic E-state index is 12.9. The van der Waals surface area contributed by atoms with Gasteiger partial charge in [0.25, 0.3) is 0 Å². The number of amides is 1. The molecule has 2 aromatic carbocycles. The average molecular weight is 448 g/mol. The van der Waals surface area contributed by atoms with Crippen molar-refractivity contribution in [2.24, 2.45) is 0 Å². The summed E-state index contributed by atoms with van der Waals surface area (Å²) in [6, 6.07) is 10.5. The van der Waals surface area contributed by atoms with Crippen LogP contribution in [-0.4, -0.2) is 20.4 Å². The van der Waals surface area contributed by atoms with E-state index in [1.807, 2.05) is 12.1 Å². The number of benzene rings is 2. The van der Waals surface area contributed by atoms with Crippen LogP contribution in [0.25, 0.3) is 0 Å². The molecule has 1 amide bonds. The molecule has 0 aliphatic rings. The highest BCUT2D eigenvalue weighted by Crippen LogP contribution is 2.13. The van der Waals surface area contributed by atoms with Crippen molar-refractivity contribution in [3.05, 3.63) is 57.9 Å². The number of nitrogens with one attached hydrogen (secondary N) is 2. The zero-order valence-electron chi connectivity index (χ0n) is 12.1. The Labute approximate surface area is 147 Å². The predicted molar refractivity (Wildman–Crippen MR) is 94.0 cm³/mol. The van der Waals surface area contributed by atoms with Crippen LogP contribution < -0.4 is 10.0 Å². The number of sulfonamides is 1. The summed E-state index contributed by atoms with van der Waals surface area (Å²) in [4.78, 5) is 12.0. The molecule has 0 spiro atoms. The highest BCUT2D eigenvalue weighted by Gasteiger charge is 2.22. The van der Waals surface area contributed by atoms with Crippen LogP contribution >= 0.6 is 22.6 Å². The maximum Gasteiger partial charge on any atom is 0.242 e. The second-order valence-corrected chi connectivity index (χ2v) is 7.75. The van der Waals surface area contributed by atoms with E-state index in [0.717, 1.165) is 27.8 Å². The summed E-state index contributed by atoms with van der Waals surface area (Å²) in [5.41, 5.74) is 0.572. The quantitative estimate of drug-likeness (QED) is 0.691. The normalized spacial score (nSPS) is 12.7. The lowest BCUT2D eigenvalue weighted by Gasteiger charge is -2.14. The van der Waals surface area contributed by atoms with Gasteiger partial charge in [0, 0.05) is 9.26 Å². The van der Waals surface area contributed by atoms with Crippen molar-refractivity contribution in [2.45, 2.75) is 17.9 Å². The fraction of sp³-hybridized carbons (Fsp3) is 0.133. The van der Waals surface area contributed by atoms with Crippen LogP contribution in [0.2, 0.25) is 0 Å². The number of carbonyl (C=O) groups is 1. The van der Waals surface area contributed by atoms with Crippen LogP contribution in [0.1, 0.15) is 6.92 Å². The third kappa shape index (κ3) is 4.98. The molecular weight excluding hydrogens is 434 g/mol. The second-order valence-electron chi connectivity index (χ2n) is 4.79. The number of anilines is 1. The maximum atomic E-state index is 12.9. The SMILES string of the molecule is C[C@H](NS(=O)(=O)c1ccc(F)cc1)C(=O)Nc1ccc(I)cc1. The molecule has 0 aromatic heterocycles. The summed E-state index contributed by atoms with van der Waals surface area (Å²) < 4.78 is 40.4. The van der Waals surface area contributed by atoms with Crippen molar-refractivity contribution in [2.75, 3.05) is 5.32 Å². The zero-order valence-corrected chi connectivity index (χ0v) is 15.1. The fourth-order valence-corrected chi connectivity index (χ4v) is 3.31. The van der Waals surface area contributed by atoms with E-state index in [1.54, 1.807) is 12.1 Å². The molecule has 0 saturated heterocycles. The third-order valence-electron chi connectivity index (χ3n) is 2.96. The summed E-state index contributed by atoms with van der Waals surface area (Å²) in [7, 11) is -3.90. The number of carbonyl (C=O) groups excluding carboxylic acids is 1. The van der Waals surface area contributed by atoms with Gasteiger partial charge < -0.3 is 5.32 Å². The van der Waals surface area contributed by atoms with Crippen molar-refractivity contribution >= 4 is 44.2 Å². The van der Waals surface area contributed by atoms with Crippen molar-refractivity contribution in [3.8, 4) is 0 Å². The Morgan fingerprint density at radius 2 is 1.65 bits per heavy atom. The minimum atomic E-state index is -3.90. The van der Waals surface area contributed by atoms with Gasteiger partial charge in [-0.1, -0.05) is 0 Å². The molecule has 0 saturated carbocycles. The largest absolute Gasteiger partial charge is 0.325 e. The van der Waals surface area contributed by atoms with Crippen molar-refractivity contribution in [1.29, 1.82) is 0 Å². The minimum Gasteiger partial charge on any atom is -0.325 e. The van der Waals surface area contributed by atoms with E-state index in [-0.39, 0.29) is 4.90 Å². The molecule has 2 rings (SSSR count). The summed E-state index contributed by atoms with van der Waals surface area (Å²) in [5.74, 6) is -1.02. The van der Waals surface area contributed by atoms with Crippen LogP contribution in [0, 0.1) is 9.39 Å². The summed E-state index contributed by atoms with van der Waals surface area (Å²) >= 11 is 2.14. The van der Waals surface area contributed by atoms with Crippen LogP contribution in [0.3, 0.4) is 0 Å². The van der Waals surface area contributed by atoms with Crippen molar-refractivity contribution in [1.82, 2.24) is 4.72 Å². The van der Waals surface area contributed by atoms with Crippen LogP contribution in [0.5, 0.6) is 0 Å². The van der Waals surface area contributed by atoms with E-state index >= 15 is 0 Å². The first-order valence-corrected chi connectivity index (χ1v) is 9.18. The number of rotatable bonds is 5. The van der Waals surface area contributed by atoms with E-state index in [9.17, 15) is 17.6 Å². The van der Waals surface area contributed by atoms with E-state index in [2.05, 4.69) is 32.6 Å². The van der Waals surface area contributed by atoms with Crippen molar-refractivity contribution < 1.29 is 17.6 Å². The molecule has 0 aliphatic heterocycles. The van der Waals surface area contributed by atoms with Gasteiger partial charge in [0.2, 0.25) is 15.9 Å². The summed E-state index contributed by atoms with van der Waals surface area (Å²) in [5, 5.41) is 2.62. The molecule has 0 unspecified atom stereocenters. The van der Waals surface area contributed by atoms with Crippen molar-refractivity contribution in [3.63, 3.8) is 0 Å². The van der Waals surface area contributed by atoms with Crippen LogP contribution in [0.4, 0.5) is 10.1 Å². The lowest BCUT2D eigenvalue weighted by molar-refractivity contribution is -0.117. The smallest absolute Gasteiger partial charge is 0.242 e. The Kier molecular flexibility index (Phi) is 5.71. The van der Waals surface area contributed by atoms with Gasteiger partial charge in [-0.3, -0.25) is 4.79 Å². The molecule has 8 heteroatoms. The molecule has 122 valence electrons. The summed E-state index contributed by atoms with van der Waals surface area (Å²) in [6.45, 7) is 1.43. The lowest BCUT2D eigenvalue weighted by atomic mass is 10.3. The fourth-order valence-electron chi connectivity index (χ4n) is 1.75. The van der Waals surface area contributed by atoms with E-state index in [1.165, 1.54) is 6.92 Å². The standard InChI is InChI=1S/C15H14FIN2O3S/c1-10(15(20)18-13-6-4-12(17)5-7-13)19-23(21,22)14-8-2-11(16)3-9-14/h2-10,19H,1H3,(H,18,20)/t10-/m0/s1. The minimum absolute atomic E-state index is 0.104. The zero-order chi connectivity index (χ0) is 17.0. The highest BCUT2D eigenvalue weighted by atomic mass is 127.